The molecule has 0 amide bonds. The molecule has 0 radical (unpaired) electrons. The van der Waals surface area contributed by atoms with Gasteiger partial charge in [0.1, 0.15) is 11.5 Å². The molecule has 0 bridgehead atoms. The molecule has 1 aliphatic heterocycles. The molecule has 0 atom stereocenters. The molecule has 0 unspecified atom stereocenters. The predicted molar refractivity (Wildman–Crippen MR) is 109 cm³/mol. The summed E-state index contributed by atoms with van der Waals surface area (Å²) in [7, 11) is 2.17. The van der Waals surface area contributed by atoms with E-state index < -0.39 is 0 Å². The number of hydrogen-bond acceptors (Lipinski definition) is 5. The Morgan fingerprint density at radius 2 is 2.00 bits per heavy atom. The minimum absolute atomic E-state index is 0.468. The average Bonchev–Trinajstić information content (AvgIpc) is 3.13. The Hall–Kier alpha value is -2.99. The quantitative estimate of drug-likeness (QED) is 0.585. The van der Waals surface area contributed by atoms with Crippen molar-refractivity contribution in [1.29, 1.82) is 0 Å². The maximum Gasteiger partial charge on any atom is 0.145 e. The first-order valence-corrected chi connectivity index (χ1v) is 9.41. The van der Waals surface area contributed by atoms with E-state index in [0.717, 1.165) is 64.9 Å². The van der Waals surface area contributed by atoms with Crippen LogP contribution in [0.2, 0.25) is 0 Å². The number of benzene rings is 1. The lowest BCUT2D eigenvalue weighted by Gasteiger charge is -2.29. The number of pyridine rings is 1. The second-order valence-electron chi connectivity index (χ2n) is 7.28. The lowest BCUT2D eigenvalue weighted by Crippen LogP contribution is -2.36. The molecule has 4 aromatic rings. The summed E-state index contributed by atoms with van der Waals surface area (Å²) in [5, 5.41) is 4.68. The number of nitrogens with one attached hydrogen (secondary N) is 2. The average molecular weight is 358 g/mol. The van der Waals surface area contributed by atoms with Gasteiger partial charge in [-0.1, -0.05) is 6.07 Å². The van der Waals surface area contributed by atoms with Gasteiger partial charge in [0, 0.05) is 29.4 Å². The van der Waals surface area contributed by atoms with Gasteiger partial charge >= 0.3 is 0 Å². The summed E-state index contributed by atoms with van der Waals surface area (Å²) in [6, 6.07) is 10.8. The Morgan fingerprint density at radius 1 is 1.11 bits per heavy atom. The fourth-order valence-corrected chi connectivity index (χ4v) is 3.81. The second kappa shape index (κ2) is 6.63. The topological polar surface area (TPSA) is 69.7 Å². The van der Waals surface area contributed by atoms with Crippen LogP contribution >= 0.6 is 0 Å². The normalized spacial score (nSPS) is 16.2. The molecule has 1 saturated heterocycles. The van der Waals surface area contributed by atoms with E-state index >= 15 is 0 Å². The third kappa shape index (κ3) is 3.13. The number of fused-ring (bicyclic) bond motifs is 2. The number of aromatic nitrogens is 4. The maximum absolute atomic E-state index is 4.83. The van der Waals surface area contributed by atoms with Gasteiger partial charge in [-0.05, 0) is 62.8 Å². The van der Waals surface area contributed by atoms with Gasteiger partial charge in [0.2, 0.25) is 0 Å². The van der Waals surface area contributed by atoms with Crippen molar-refractivity contribution in [2.75, 3.05) is 25.5 Å². The predicted octanol–water partition coefficient (Wildman–Crippen LogP) is 3.68. The van der Waals surface area contributed by atoms with Gasteiger partial charge in [-0.3, -0.25) is 4.98 Å². The van der Waals surface area contributed by atoms with Crippen LogP contribution in [0.5, 0.6) is 0 Å². The molecule has 0 aliphatic carbocycles. The molecule has 1 fully saturated rings. The molecule has 5 rings (SSSR count). The second-order valence-corrected chi connectivity index (χ2v) is 7.28. The summed E-state index contributed by atoms with van der Waals surface area (Å²) in [6.07, 6.45) is 7.93. The molecule has 1 aliphatic rings. The third-order valence-electron chi connectivity index (χ3n) is 5.37. The van der Waals surface area contributed by atoms with Crippen molar-refractivity contribution >= 4 is 27.9 Å². The Labute approximate surface area is 157 Å². The molecule has 4 heterocycles. The SMILES string of the molecule is CN1CCC(Nc2cnc3ccc(-c4c[nH]c5ncccc45)cc3n2)CC1. The first-order valence-electron chi connectivity index (χ1n) is 9.41. The van der Waals surface area contributed by atoms with Crippen molar-refractivity contribution in [3.63, 3.8) is 0 Å². The zero-order valence-corrected chi connectivity index (χ0v) is 15.3. The fraction of sp³-hybridized carbons (Fsp3) is 0.286. The lowest BCUT2D eigenvalue weighted by atomic mass is 10.0. The first-order chi connectivity index (χ1) is 13.3. The van der Waals surface area contributed by atoms with Gasteiger partial charge in [-0.25, -0.2) is 9.97 Å². The molecule has 2 N–H and O–H groups in total. The van der Waals surface area contributed by atoms with Gasteiger partial charge in [0.05, 0.1) is 17.2 Å². The molecule has 3 aromatic heterocycles. The lowest BCUT2D eigenvalue weighted by molar-refractivity contribution is 0.263. The van der Waals surface area contributed by atoms with Crippen LogP contribution in [-0.4, -0.2) is 51.0 Å². The third-order valence-corrected chi connectivity index (χ3v) is 5.37. The Morgan fingerprint density at radius 3 is 2.89 bits per heavy atom. The highest BCUT2D eigenvalue weighted by Crippen LogP contribution is 2.29. The summed E-state index contributed by atoms with van der Waals surface area (Å²) < 4.78 is 0. The van der Waals surface area contributed by atoms with Gasteiger partial charge in [0.15, 0.2) is 0 Å². The number of likely N-dealkylation sites (tertiary alicyclic amines) is 1. The van der Waals surface area contributed by atoms with Crippen LogP contribution in [0, 0.1) is 0 Å². The van der Waals surface area contributed by atoms with Crippen LogP contribution < -0.4 is 5.32 Å². The van der Waals surface area contributed by atoms with E-state index in [1.54, 1.807) is 6.20 Å². The summed E-state index contributed by atoms with van der Waals surface area (Å²) in [4.78, 5) is 19.4. The van der Waals surface area contributed by atoms with Crippen LogP contribution in [0.25, 0.3) is 33.2 Å². The standard InChI is InChI=1S/C21H22N6/c1-27-9-6-15(7-10-27)25-20-13-23-18-5-4-14(11-19(18)26-20)17-12-24-21-16(17)3-2-8-22-21/h2-5,8,11-13,15H,6-7,9-10H2,1H3,(H,22,24)(H,25,26). The number of nitrogens with zero attached hydrogens (tertiary/aromatic N) is 4. The molecule has 0 saturated carbocycles. The number of piperidine rings is 1. The molecule has 6 nitrogen and oxygen atoms in total. The monoisotopic (exact) mass is 358 g/mol. The zero-order valence-electron chi connectivity index (χ0n) is 15.3. The van der Waals surface area contributed by atoms with E-state index in [1.165, 1.54) is 0 Å². The largest absolute Gasteiger partial charge is 0.366 e. The van der Waals surface area contributed by atoms with Crippen molar-refractivity contribution in [1.82, 2.24) is 24.8 Å². The molecular formula is C21H22N6. The van der Waals surface area contributed by atoms with E-state index in [0.29, 0.717) is 6.04 Å². The highest BCUT2D eigenvalue weighted by molar-refractivity contribution is 5.95. The number of H-pyrrole nitrogens is 1. The molecular weight excluding hydrogens is 336 g/mol. The van der Waals surface area contributed by atoms with Crippen LogP contribution in [0.3, 0.4) is 0 Å². The van der Waals surface area contributed by atoms with Gasteiger partial charge in [0.25, 0.3) is 0 Å². The Balaban J connectivity index is 1.47. The maximum atomic E-state index is 4.83. The highest BCUT2D eigenvalue weighted by Gasteiger charge is 2.17. The smallest absolute Gasteiger partial charge is 0.145 e. The van der Waals surface area contributed by atoms with Gasteiger partial charge in [-0.15, -0.1) is 0 Å². The minimum atomic E-state index is 0.468. The first kappa shape index (κ1) is 16.2. The number of anilines is 1. The Bertz CT molecular complexity index is 1090. The van der Waals surface area contributed by atoms with Gasteiger partial charge in [-0.2, -0.15) is 0 Å². The van der Waals surface area contributed by atoms with Crippen molar-refractivity contribution < 1.29 is 0 Å². The number of aromatic amines is 1. The van der Waals surface area contributed by atoms with E-state index in [9.17, 15) is 0 Å². The molecule has 136 valence electrons. The van der Waals surface area contributed by atoms with Crippen molar-refractivity contribution in [2.24, 2.45) is 0 Å². The number of hydrogen-bond donors (Lipinski definition) is 2. The van der Waals surface area contributed by atoms with E-state index in [-0.39, 0.29) is 0 Å². The van der Waals surface area contributed by atoms with Crippen LogP contribution in [-0.2, 0) is 0 Å². The summed E-state index contributed by atoms with van der Waals surface area (Å²) >= 11 is 0. The highest BCUT2D eigenvalue weighted by atomic mass is 15.1. The molecule has 1 aromatic carbocycles. The van der Waals surface area contributed by atoms with Crippen molar-refractivity contribution in [3.8, 4) is 11.1 Å². The summed E-state index contributed by atoms with van der Waals surface area (Å²) in [5.41, 5.74) is 4.97. The summed E-state index contributed by atoms with van der Waals surface area (Å²) in [6.45, 7) is 2.24. The molecule has 27 heavy (non-hydrogen) atoms. The van der Waals surface area contributed by atoms with Crippen LogP contribution in [0.4, 0.5) is 5.82 Å². The zero-order chi connectivity index (χ0) is 18.2. The van der Waals surface area contributed by atoms with Crippen molar-refractivity contribution in [2.45, 2.75) is 18.9 Å². The molecule has 0 spiro atoms. The van der Waals surface area contributed by atoms with Crippen molar-refractivity contribution in [3.05, 3.63) is 48.9 Å². The van der Waals surface area contributed by atoms with E-state index in [4.69, 9.17) is 4.98 Å². The fourth-order valence-electron chi connectivity index (χ4n) is 3.81. The minimum Gasteiger partial charge on any atom is -0.366 e. The van der Waals surface area contributed by atoms with Crippen LogP contribution in [0.15, 0.2) is 48.9 Å². The summed E-state index contributed by atoms with van der Waals surface area (Å²) in [5.74, 6) is 0.856. The van der Waals surface area contributed by atoms with Crippen LogP contribution in [0.1, 0.15) is 12.8 Å². The number of rotatable bonds is 3. The van der Waals surface area contributed by atoms with E-state index in [1.807, 2.05) is 24.5 Å². The molecule has 6 heteroatoms. The van der Waals surface area contributed by atoms with Gasteiger partial charge < -0.3 is 15.2 Å². The Kier molecular flexibility index (Phi) is 3.98. The van der Waals surface area contributed by atoms with E-state index in [2.05, 4.69) is 50.4 Å².